The molecule has 0 unspecified atom stereocenters. The van der Waals surface area contributed by atoms with Crippen LogP contribution in [0.25, 0.3) is 22.2 Å². The normalized spacial score (nSPS) is 11.7. The van der Waals surface area contributed by atoms with E-state index in [-0.39, 0.29) is 4.90 Å². The third-order valence-electron chi connectivity index (χ3n) is 3.56. The van der Waals surface area contributed by atoms with Gasteiger partial charge >= 0.3 is 0 Å². The summed E-state index contributed by atoms with van der Waals surface area (Å²) >= 11 is 0. The van der Waals surface area contributed by atoms with E-state index in [1.54, 1.807) is 18.2 Å². The second kappa shape index (κ2) is 5.10. The minimum absolute atomic E-state index is 0.264. The Hall–Kier alpha value is -2.40. The molecule has 1 heterocycles. The minimum Gasteiger partial charge on any atom is -0.398 e. The van der Waals surface area contributed by atoms with Crippen LogP contribution in [-0.2, 0) is 9.84 Å². The first-order chi connectivity index (χ1) is 10.4. The highest BCUT2D eigenvalue weighted by Crippen LogP contribution is 2.31. The number of benzene rings is 2. The fraction of sp³-hybridized carbons (Fsp3) is 0.118. The monoisotopic (exact) mass is 312 g/mol. The van der Waals surface area contributed by atoms with Gasteiger partial charge in [0.25, 0.3) is 0 Å². The van der Waals surface area contributed by atoms with Crippen LogP contribution in [0.1, 0.15) is 5.56 Å². The predicted molar refractivity (Wildman–Crippen MR) is 89.4 cm³/mol. The maximum absolute atomic E-state index is 12.0. The number of sulfone groups is 1. The summed E-state index contributed by atoms with van der Waals surface area (Å²) < 4.78 is 24.1. The lowest BCUT2D eigenvalue weighted by Crippen LogP contribution is -2.02. The quantitative estimate of drug-likeness (QED) is 0.788. The van der Waals surface area contributed by atoms with Crippen LogP contribution in [0.3, 0.4) is 0 Å². The molecule has 4 nitrogen and oxygen atoms in total. The first-order valence-corrected chi connectivity index (χ1v) is 8.72. The molecule has 3 aromatic rings. The number of nitrogens with zero attached hydrogens (tertiary/aromatic N) is 1. The lowest BCUT2D eigenvalue weighted by molar-refractivity contribution is 0.602. The van der Waals surface area contributed by atoms with Crippen molar-refractivity contribution in [3.63, 3.8) is 0 Å². The van der Waals surface area contributed by atoms with Gasteiger partial charge in [0.2, 0.25) is 0 Å². The number of aryl methyl sites for hydroxylation is 1. The molecule has 2 N–H and O–H groups in total. The summed E-state index contributed by atoms with van der Waals surface area (Å²) in [7, 11) is -3.35. The highest BCUT2D eigenvalue weighted by Gasteiger charge is 2.16. The molecular weight excluding hydrogens is 296 g/mol. The number of para-hydroxylation sites is 1. The van der Waals surface area contributed by atoms with Crippen molar-refractivity contribution in [3.05, 3.63) is 54.1 Å². The number of fused-ring (bicyclic) bond motifs is 1. The van der Waals surface area contributed by atoms with Crippen LogP contribution in [0.4, 0.5) is 5.69 Å². The Morgan fingerprint density at radius 1 is 1.05 bits per heavy atom. The zero-order chi connectivity index (χ0) is 15.9. The minimum atomic E-state index is -3.35. The van der Waals surface area contributed by atoms with Gasteiger partial charge in [-0.2, -0.15) is 0 Å². The number of hydrogen-bond donors (Lipinski definition) is 1. The van der Waals surface area contributed by atoms with Gasteiger partial charge in [0.15, 0.2) is 9.84 Å². The molecule has 112 valence electrons. The number of aromatic nitrogens is 1. The molecule has 0 amide bonds. The average molecular weight is 312 g/mol. The van der Waals surface area contributed by atoms with E-state index in [0.717, 1.165) is 16.5 Å². The Balaban J connectivity index is 2.35. The molecule has 0 spiro atoms. The smallest absolute Gasteiger partial charge is 0.176 e. The second-order valence-electron chi connectivity index (χ2n) is 5.39. The van der Waals surface area contributed by atoms with Gasteiger partial charge in [0, 0.05) is 22.9 Å². The molecule has 0 radical (unpaired) electrons. The molecular formula is C17H16N2O2S. The number of hydrogen-bond acceptors (Lipinski definition) is 4. The Morgan fingerprint density at radius 2 is 1.77 bits per heavy atom. The molecule has 0 saturated carbocycles. The Morgan fingerprint density at radius 3 is 2.50 bits per heavy atom. The molecule has 0 aliphatic heterocycles. The Kier molecular flexibility index (Phi) is 3.37. The largest absolute Gasteiger partial charge is 0.398 e. The van der Waals surface area contributed by atoms with Crippen LogP contribution in [-0.4, -0.2) is 19.7 Å². The van der Waals surface area contributed by atoms with Crippen molar-refractivity contribution < 1.29 is 8.42 Å². The number of nitrogen functional groups attached to an aromatic ring is 1. The molecule has 0 aliphatic carbocycles. The fourth-order valence-electron chi connectivity index (χ4n) is 2.51. The maximum Gasteiger partial charge on any atom is 0.176 e. The molecule has 0 aliphatic rings. The zero-order valence-corrected chi connectivity index (χ0v) is 13.2. The predicted octanol–water partition coefficient (Wildman–Crippen LogP) is 3.20. The van der Waals surface area contributed by atoms with Crippen LogP contribution in [0.15, 0.2) is 53.4 Å². The summed E-state index contributed by atoms with van der Waals surface area (Å²) in [6.07, 6.45) is 1.20. The third kappa shape index (κ3) is 2.55. The summed E-state index contributed by atoms with van der Waals surface area (Å²) in [5, 5.41) is 0.861. The van der Waals surface area contributed by atoms with Gasteiger partial charge in [-0.3, -0.25) is 0 Å². The summed E-state index contributed by atoms with van der Waals surface area (Å²) in [5.41, 5.74) is 9.56. The standard InChI is InChI=1S/C17H16N2O2S/c1-11-7-8-17(22(2,20)21)13(9-11)16-10-14(18)12-5-3-4-6-15(12)19-16/h3-10H,1-2H3,(H2,18,19). The molecule has 22 heavy (non-hydrogen) atoms. The number of pyridine rings is 1. The summed E-state index contributed by atoms with van der Waals surface area (Å²) in [5.74, 6) is 0. The van der Waals surface area contributed by atoms with Gasteiger partial charge in [-0.25, -0.2) is 13.4 Å². The second-order valence-corrected chi connectivity index (χ2v) is 7.37. The highest BCUT2D eigenvalue weighted by atomic mass is 32.2. The van der Waals surface area contributed by atoms with Crippen LogP contribution in [0.2, 0.25) is 0 Å². The van der Waals surface area contributed by atoms with E-state index in [1.165, 1.54) is 6.26 Å². The molecule has 0 fully saturated rings. The highest BCUT2D eigenvalue weighted by molar-refractivity contribution is 7.90. The summed E-state index contributed by atoms with van der Waals surface area (Å²) in [4.78, 5) is 4.84. The molecule has 3 rings (SSSR count). The lowest BCUT2D eigenvalue weighted by atomic mass is 10.1. The van der Waals surface area contributed by atoms with Crippen LogP contribution in [0.5, 0.6) is 0 Å². The molecule has 2 aromatic carbocycles. The van der Waals surface area contributed by atoms with E-state index in [1.807, 2.05) is 37.3 Å². The van der Waals surface area contributed by atoms with Gasteiger partial charge in [0.1, 0.15) is 0 Å². The maximum atomic E-state index is 12.0. The summed E-state index contributed by atoms with van der Waals surface area (Å²) in [6, 6.07) is 14.5. The van der Waals surface area contributed by atoms with Gasteiger partial charge < -0.3 is 5.73 Å². The van der Waals surface area contributed by atoms with Gasteiger partial charge in [-0.05, 0) is 31.2 Å². The van der Waals surface area contributed by atoms with E-state index >= 15 is 0 Å². The van der Waals surface area contributed by atoms with Crippen molar-refractivity contribution in [1.82, 2.24) is 4.98 Å². The number of rotatable bonds is 2. The molecule has 0 saturated heterocycles. The van der Waals surface area contributed by atoms with Crippen LogP contribution >= 0.6 is 0 Å². The lowest BCUT2D eigenvalue weighted by Gasteiger charge is -2.11. The van der Waals surface area contributed by atoms with E-state index in [2.05, 4.69) is 4.98 Å². The average Bonchev–Trinajstić information content (AvgIpc) is 2.46. The third-order valence-corrected chi connectivity index (χ3v) is 4.71. The van der Waals surface area contributed by atoms with E-state index in [0.29, 0.717) is 16.9 Å². The molecule has 0 atom stereocenters. The van der Waals surface area contributed by atoms with Crippen LogP contribution < -0.4 is 5.73 Å². The first-order valence-electron chi connectivity index (χ1n) is 6.82. The van der Waals surface area contributed by atoms with Crippen molar-refractivity contribution in [2.45, 2.75) is 11.8 Å². The summed E-state index contributed by atoms with van der Waals surface area (Å²) in [6.45, 7) is 1.92. The van der Waals surface area contributed by atoms with Crippen molar-refractivity contribution in [2.75, 3.05) is 12.0 Å². The fourth-order valence-corrected chi connectivity index (χ4v) is 3.39. The Bertz CT molecular complexity index is 979. The van der Waals surface area contributed by atoms with E-state index in [4.69, 9.17) is 5.73 Å². The van der Waals surface area contributed by atoms with Crippen molar-refractivity contribution in [2.24, 2.45) is 0 Å². The first kappa shape index (κ1) is 14.5. The van der Waals surface area contributed by atoms with Crippen molar-refractivity contribution in [1.29, 1.82) is 0 Å². The topological polar surface area (TPSA) is 73.0 Å². The van der Waals surface area contributed by atoms with Gasteiger partial charge in [0.05, 0.1) is 16.1 Å². The van der Waals surface area contributed by atoms with Crippen molar-refractivity contribution in [3.8, 4) is 11.3 Å². The van der Waals surface area contributed by atoms with Gasteiger partial charge in [-0.1, -0.05) is 29.8 Å². The van der Waals surface area contributed by atoms with Crippen molar-refractivity contribution >= 4 is 26.4 Å². The van der Waals surface area contributed by atoms with Gasteiger partial charge in [-0.15, -0.1) is 0 Å². The SMILES string of the molecule is Cc1ccc(S(C)(=O)=O)c(-c2cc(N)c3ccccc3n2)c1. The number of nitrogens with two attached hydrogens (primary N) is 1. The Labute approximate surface area is 129 Å². The molecule has 5 heteroatoms. The number of anilines is 1. The zero-order valence-electron chi connectivity index (χ0n) is 12.4. The van der Waals surface area contributed by atoms with E-state index < -0.39 is 9.84 Å². The molecule has 1 aromatic heterocycles. The van der Waals surface area contributed by atoms with E-state index in [9.17, 15) is 8.42 Å². The molecule has 0 bridgehead atoms. The van der Waals surface area contributed by atoms with Crippen LogP contribution in [0, 0.1) is 6.92 Å².